The van der Waals surface area contributed by atoms with Gasteiger partial charge in [0.05, 0.1) is 12.6 Å². The van der Waals surface area contributed by atoms with Crippen LogP contribution in [0, 0.1) is 0 Å². The number of benzene rings is 2. The maximum Gasteiger partial charge on any atom is 0.254 e. The van der Waals surface area contributed by atoms with Crippen molar-refractivity contribution in [1.82, 2.24) is 9.88 Å². The van der Waals surface area contributed by atoms with Crippen molar-refractivity contribution < 1.29 is 19.0 Å². The minimum Gasteiger partial charge on any atom is -0.487 e. The van der Waals surface area contributed by atoms with Gasteiger partial charge >= 0.3 is 0 Å². The van der Waals surface area contributed by atoms with Gasteiger partial charge in [-0.3, -0.25) is 9.78 Å². The fourth-order valence-electron chi connectivity index (χ4n) is 5.74. The maximum atomic E-state index is 13.6. The Morgan fingerprint density at radius 2 is 1.82 bits per heavy atom. The first-order valence-corrected chi connectivity index (χ1v) is 14.3. The standard InChI is InChI=1S/C32H37N3O4/c36-32(24-9-11-28(12-10-24)34-14-3-1-4-15-34)35-16-18-38-31-27(22-35)19-26(25-7-6-13-33-21-25)20-30(31)39-23-29-8-2-5-17-37-29/h6-7,9-13,19-21,29H,1-5,8,14-18,22-23H2/t29-/m1/s1. The molecule has 7 nitrogen and oxygen atoms in total. The quantitative estimate of drug-likeness (QED) is 0.409. The van der Waals surface area contributed by atoms with E-state index in [9.17, 15) is 4.79 Å². The van der Waals surface area contributed by atoms with E-state index in [1.165, 1.54) is 24.9 Å². The van der Waals surface area contributed by atoms with E-state index in [-0.39, 0.29) is 12.0 Å². The van der Waals surface area contributed by atoms with E-state index in [4.69, 9.17) is 14.2 Å². The second kappa shape index (κ2) is 12.1. The number of carbonyl (C=O) groups excluding carboxylic acids is 1. The Morgan fingerprint density at radius 3 is 2.59 bits per heavy atom. The molecular weight excluding hydrogens is 490 g/mol. The Labute approximate surface area is 230 Å². The lowest BCUT2D eigenvalue weighted by molar-refractivity contribution is -0.0115. The minimum atomic E-state index is 0.0153. The number of aromatic nitrogens is 1. The zero-order valence-electron chi connectivity index (χ0n) is 22.5. The highest BCUT2D eigenvalue weighted by atomic mass is 16.5. The summed E-state index contributed by atoms with van der Waals surface area (Å²) in [7, 11) is 0. The number of hydrogen-bond acceptors (Lipinski definition) is 6. The van der Waals surface area contributed by atoms with Crippen LogP contribution in [0.2, 0.25) is 0 Å². The maximum absolute atomic E-state index is 13.6. The smallest absolute Gasteiger partial charge is 0.254 e. The SMILES string of the molecule is O=C(c1ccc(N2CCCCC2)cc1)N1CCOc2c(cc(-c3cccnc3)cc2OC[C@H]2CCCCO2)C1. The van der Waals surface area contributed by atoms with Gasteiger partial charge in [0.2, 0.25) is 0 Å². The van der Waals surface area contributed by atoms with Crippen LogP contribution in [0.5, 0.6) is 11.5 Å². The normalized spacial score (nSPS) is 19.5. The van der Waals surface area contributed by atoms with Gasteiger partial charge in [-0.05, 0) is 86.6 Å². The van der Waals surface area contributed by atoms with Crippen LogP contribution in [0.25, 0.3) is 11.1 Å². The highest BCUT2D eigenvalue weighted by molar-refractivity contribution is 5.94. The molecule has 39 heavy (non-hydrogen) atoms. The number of ether oxygens (including phenoxy) is 3. The summed E-state index contributed by atoms with van der Waals surface area (Å²) in [6.45, 7) is 4.81. The van der Waals surface area contributed by atoms with Crippen LogP contribution >= 0.6 is 0 Å². The molecule has 1 amide bonds. The molecule has 0 spiro atoms. The van der Waals surface area contributed by atoms with Gasteiger partial charge < -0.3 is 24.0 Å². The molecule has 2 aromatic carbocycles. The molecule has 204 valence electrons. The van der Waals surface area contributed by atoms with Crippen molar-refractivity contribution in [3.8, 4) is 22.6 Å². The second-order valence-electron chi connectivity index (χ2n) is 10.7. The molecule has 3 aromatic rings. The Kier molecular flexibility index (Phi) is 7.95. The van der Waals surface area contributed by atoms with Crippen molar-refractivity contribution in [2.45, 2.75) is 51.2 Å². The summed E-state index contributed by atoms with van der Waals surface area (Å²) in [5.41, 5.74) is 4.82. The van der Waals surface area contributed by atoms with E-state index in [0.717, 1.165) is 55.6 Å². The third-order valence-electron chi connectivity index (χ3n) is 7.92. The molecule has 0 bridgehead atoms. The first kappa shape index (κ1) is 25.7. The van der Waals surface area contributed by atoms with Gasteiger partial charge in [0.25, 0.3) is 5.91 Å². The summed E-state index contributed by atoms with van der Waals surface area (Å²) in [6.07, 6.45) is 10.7. The fourth-order valence-corrected chi connectivity index (χ4v) is 5.74. The van der Waals surface area contributed by atoms with Gasteiger partial charge in [-0.25, -0.2) is 0 Å². The van der Waals surface area contributed by atoms with E-state index >= 15 is 0 Å². The van der Waals surface area contributed by atoms with Crippen LogP contribution < -0.4 is 14.4 Å². The number of nitrogens with zero attached hydrogens (tertiary/aromatic N) is 3. The number of rotatable bonds is 6. The van der Waals surface area contributed by atoms with Crippen molar-refractivity contribution in [2.24, 2.45) is 0 Å². The molecule has 3 aliphatic rings. The van der Waals surface area contributed by atoms with Crippen LogP contribution in [0.4, 0.5) is 5.69 Å². The zero-order valence-corrected chi connectivity index (χ0v) is 22.5. The number of piperidine rings is 1. The molecule has 2 fully saturated rings. The average molecular weight is 528 g/mol. The van der Waals surface area contributed by atoms with Crippen molar-refractivity contribution in [3.63, 3.8) is 0 Å². The largest absolute Gasteiger partial charge is 0.487 e. The summed E-state index contributed by atoms with van der Waals surface area (Å²) in [5.74, 6) is 1.43. The van der Waals surface area contributed by atoms with Gasteiger partial charge in [-0.1, -0.05) is 6.07 Å². The monoisotopic (exact) mass is 527 g/mol. The predicted octanol–water partition coefficient (Wildman–Crippen LogP) is 5.72. The molecule has 0 saturated carbocycles. The molecular formula is C32H37N3O4. The van der Waals surface area contributed by atoms with E-state index in [1.807, 2.05) is 41.4 Å². The van der Waals surface area contributed by atoms with Crippen LogP contribution in [0.1, 0.15) is 54.4 Å². The molecule has 4 heterocycles. The predicted molar refractivity (Wildman–Crippen MR) is 152 cm³/mol. The van der Waals surface area contributed by atoms with Crippen molar-refractivity contribution in [3.05, 3.63) is 72.1 Å². The van der Waals surface area contributed by atoms with Crippen molar-refractivity contribution >= 4 is 11.6 Å². The lowest BCUT2D eigenvalue weighted by Gasteiger charge is -2.29. The third-order valence-corrected chi connectivity index (χ3v) is 7.92. The lowest BCUT2D eigenvalue weighted by Crippen LogP contribution is -2.32. The Bertz CT molecular complexity index is 1250. The van der Waals surface area contributed by atoms with Gasteiger partial charge in [-0.15, -0.1) is 0 Å². The van der Waals surface area contributed by atoms with E-state index in [2.05, 4.69) is 28.1 Å². The van der Waals surface area contributed by atoms with Crippen LogP contribution in [-0.2, 0) is 11.3 Å². The molecule has 1 aromatic heterocycles. The number of hydrogen-bond donors (Lipinski definition) is 0. The van der Waals surface area contributed by atoms with Gasteiger partial charge in [0.15, 0.2) is 11.5 Å². The molecule has 0 aliphatic carbocycles. The summed E-state index contributed by atoms with van der Waals surface area (Å²) in [5, 5.41) is 0. The van der Waals surface area contributed by atoms with Crippen molar-refractivity contribution in [2.75, 3.05) is 44.4 Å². The average Bonchev–Trinajstić information content (AvgIpc) is 3.24. The van der Waals surface area contributed by atoms with Gasteiger partial charge in [0, 0.05) is 61.0 Å². The first-order valence-electron chi connectivity index (χ1n) is 14.3. The molecule has 0 N–H and O–H groups in total. The summed E-state index contributed by atoms with van der Waals surface area (Å²) < 4.78 is 18.5. The van der Waals surface area contributed by atoms with E-state index in [1.54, 1.807) is 6.20 Å². The Balaban J connectivity index is 1.24. The summed E-state index contributed by atoms with van der Waals surface area (Å²) in [6, 6.07) is 16.2. The lowest BCUT2D eigenvalue weighted by atomic mass is 10.0. The number of amides is 1. The van der Waals surface area contributed by atoms with E-state index in [0.29, 0.717) is 43.4 Å². The number of fused-ring (bicyclic) bond motifs is 1. The van der Waals surface area contributed by atoms with Crippen LogP contribution in [-0.4, -0.2) is 61.3 Å². The topological polar surface area (TPSA) is 64.1 Å². The van der Waals surface area contributed by atoms with E-state index < -0.39 is 0 Å². The second-order valence-corrected chi connectivity index (χ2v) is 10.7. The fraction of sp³-hybridized carbons (Fsp3) is 0.438. The van der Waals surface area contributed by atoms with Crippen LogP contribution in [0.15, 0.2) is 60.9 Å². The summed E-state index contributed by atoms with van der Waals surface area (Å²) >= 11 is 0. The number of pyridine rings is 1. The number of anilines is 1. The Morgan fingerprint density at radius 1 is 0.949 bits per heavy atom. The van der Waals surface area contributed by atoms with Gasteiger partial charge in [-0.2, -0.15) is 0 Å². The molecule has 7 heteroatoms. The minimum absolute atomic E-state index is 0.0153. The molecule has 3 aliphatic heterocycles. The molecule has 2 saturated heterocycles. The zero-order chi connectivity index (χ0) is 26.4. The number of carbonyl (C=O) groups is 1. The van der Waals surface area contributed by atoms with Gasteiger partial charge in [0.1, 0.15) is 13.2 Å². The van der Waals surface area contributed by atoms with Crippen molar-refractivity contribution in [1.29, 1.82) is 0 Å². The highest BCUT2D eigenvalue weighted by Crippen LogP contribution is 2.39. The molecule has 6 rings (SSSR count). The van der Waals surface area contributed by atoms with Crippen LogP contribution in [0.3, 0.4) is 0 Å². The molecule has 1 atom stereocenters. The molecule has 0 radical (unpaired) electrons. The third kappa shape index (κ3) is 6.04. The highest BCUT2D eigenvalue weighted by Gasteiger charge is 2.26. The summed E-state index contributed by atoms with van der Waals surface area (Å²) in [4.78, 5) is 22.2. The molecule has 0 unspecified atom stereocenters. The first-order chi connectivity index (χ1) is 19.2. The Hall–Kier alpha value is -3.58.